The molecule has 1 aliphatic heterocycles. The molecule has 1 fully saturated rings. The first-order valence-corrected chi connectivity index (χ1v) is 6.97. The van der Waals surface area contributed by atoms with Crippen molar-refractivity contribution >= 4 is 11.3 Å². The van der Waals surface area contributed by atoms with Crippen molar-refractivity contribution in [3.05, 3.63) is 29.0 Å². The normalized spacial score (nSPS) is 20.6. The predicted molar refractivity (Wildman–Crippen MR) is 71.5 cm³/mol. The first-order valence-electron chi connectivity index (χ1n) is 6.15. The Kier molecular flexibility index (Phi) is 2.99. The van der Waals surface area contributed by atoms with Crippen molar-refractivity contribution in [2.75, 3.05) is 13.1 Å². The molecule has 3 heterocycles. The Morgan fingerprint density at radius 2 is 2.35 bits per heavy atom. The first kappa shape index (κ1) is 11.0. The minimum Gasteiger partial charge on any atom is -0.341 e. The van der Waals surface area contributed by atoms with Crippen LogP contribution in [0.5, 0.6) is 0 Å². The highest BCUT2D eigenvalue weighted by Gasteiger charge is 2.18. The highest BCUT2D eigenvalue weighted by molar-refractivity contribution is 7.15. The van der Waals surface area contributed by atoms with E-state index in [2.05, 4.69) is 34.3 Å². The zero-order valence-electron chi connectivity index (χ0n) is 9.99. The number of H-pyrrole nitrogens is 1. The molecule has 0 amide bonds. The highest BCUT2D eigenvalue weighted by atomic mass is 32.1. The van der Waals surface area contributed by atoms with Gasteiger partial charge in [-0.05, 0) is 38.4 Å². The standard InChI is InChI=1S/C13H17N3S/c1-9-4-5-12(17-9)11-8-15-13(16-11)10-3-2-6-14-7-10/h4-5,8,10,14H,2-3,6-7H2,1H3,(H,15,16). The summed E-state index contributed by atoms with van der Waals surface area (Å²) in [4.78, 5) is 10.6. The number of thiophene rings is 1. The van der Waals surface area contributed by atoms with Crippen molar-refractivity contribution in [3.63, 3.8) is 0 Å². The number of hydrogen-bond donors (Lipinski definition) is 2. The Bertz CT molecular complexity index is 494. The van der Waals surface area contributed by atoms with Crippen molar-refractivity contribution in [3.8, 4) is 10.6 Å². The van der Waals surface area contributed by atoms with Crippen LogP contribution in [0.4, 0.5) is 0 Å². The van der Waals surface area contributed by atoms with Gasteiger partial charge in [0.15, 0.2) is 0 Å². The van der Waals surface area contributed by atoms with E-state index in [1.165, 1.54) is 22.6 Å². The topological polar surface area (TPSA) is 40.7 Å². The molecule has 1 aliphatic rings. The Morgan fingerprint density at radius 3 is 3.06 bits per heavy atom. The second-order valence-corrected chi connectivity index (χ2v) is 5.92. The van der Waals surface area contributed by atoms with Crippen LogP contribution in [0.15, 0.2) is 18.3 Å². The number of imidazole rings is 1. The van der Waals surface area contributed by atoms with Gasteiger partial charge in [-0.3, -0.25) is 0 Å². The third kappa shape index (κ3) is 2.28. The van der Waals surface area contributed by atoms with Crippen LogP contribution in [-0.4, -0.2) is 23.1 Å². The molecule has 3 rings (SSSR count). The number of nitrogens with one attached hydrogen (secondary N) is 2. The summed E-state index contributed by atoms with van der Waals surface area (Å²) in [5.41, 5.74) is 1.16. The van der Waals surface area contributed by atoms with Gasteiger partial charge < -0.3 is 10.3 Å². The number of piperidine rings is 1. The molecule has 90 valence electrons. The molecule has 0 spiro atoms. The summed E-state index contributed by atoms with van der Waals surface area (Å²) in [6, 6.07) is 4.32. The van der Waals surface area contributed by atoms with Gasteiger partial charge in [0.1, 0.15) is 5.82 Å². The molecule has 0 aromatic carbocycles. The average Bonchev–Trinajstić information content (AvgIpc) is 2.98. The molecule has 1 atom stereocenters. The van der Waals surface area contributed by atoms with Crippen molar-refractivity contribution < 1.29 is 0 Å². The van der Waals surface area contributed by atoms with E-state index < -0.39 is 0 Å². The Labute approximate surface area is 105 Å². The maximum absolute atomic E-state index is 4.54. The maximum Gasteiger partial charge on any atom is 0.110 e. The molecular weight excluding hydrogens is 230 g/mol. The third-order valence-electron chi connectivity index (χ3n) is 3.28. The molecule has 2 aromatic rings. The molecule has 3 nitrogen and oxygen atoms in total. The third-order valence-corrected chi connectivity index (χ3v) is 4.32. The van der Waals surface area contributed by atoms with Crippen LogP contribution in [0.25, 0.3) is 10.6 Å². The molecule has 2 N–H and O–H groups in total. The predicted octanol–water partition coefficient (Wildman–Crippen LogP) is 2.91. The van der Waals surface area contributed by atoms with Gasteiger partial charge in [0.25, 0.3) is 0 Å². The molecule has 0 bridgehead atoms. The number of hydrogen-bond acceptors (Lipinski definition) is 3. The van der Waals surface area contributed by atoms with E-state index in [9.17, 15) is 0 Å². The van der Waals surface area contributed by atoms with Crippen molar-refractivity contribution in [2.24, 2.45) is 0 Å². The second-order valence-electron chi connectivity index (χ2n) is 4.64. The van der Waals surface area contributed by atoms with E-state index in [0.29, 0.717) is 5.92 Å². The van der Waals surface area contributed by atoms with Gasteiger partial charge in [-0.2, -0.15) is 0 Å². The molecule has 0 aliphatic carbocycles. The molecule has 1 saturated heterocycles. The van der Waals surface area contributed by atoms with Crippen LogP contribution in [0, 0.1) is 6.92 Å². The van der Waals surface area contributed by atoms with Gasteiger partial charge in [-0.25, -0.2) is 4.98 Å². The second kappa shape index (κ2) is 4.63. The molecule has 2 aromatic heterocycles. The number of aromatic nitrogens is 2. The van der Waals surface area contributed by atoms with Gasteiger partial charge in [-0.15, -0.1) is 11.3 Å². The zero-order valence-corrected chi connectivity index (χ0v) is 10.8. The summed E-state index contributed by atoms with van der Waals surface area (Å²) in [5, 5.41) is 3.43. The highest BCUT2D eigenvalue weighted by Crippen LogP contribution is 2.28. The summed E-state index contributed by atoms with van der Waals surface area (Å²) in [6.45, 7) is 4.33. The van der Waals surface area contributed by atoms with Crippen molar-refractivity contribution in [1.82, 2.24) is 15.3 Å². The Hall–Kier alpha value is -1.13. The average molecular weight is 247 g/mol. The van der Waals surface area contributed by atoms with Gasteiger partial charge >= 0.3 is 0 Å². The molecule has 0 saturated carbocycles. The van der Waals surface area contributed by atoms with Crippen LogP contribution in [0.1, 0.15) is 29.5 Å². The van der Waals surface area contributed by atoms with Gasteiger partial charge in [0.05, 0.1) is 16.8 Å². The minimum absolute atomic E-state index is 0.554. The number of aromatic amines is 1. The van der Waals surface area contributed by atoms with Crippen LogP contribution in [0.3, 0.4) is 0 Å². The van der Waals surface area contributed by atoms with Gasteiger partial charge in [0.2, 0.25) is 0 Å². The van der Waals surface area contributed by atoms with Crippen molar-refractivity contribution in [2.45, 2.75) is 25.7 Å². The van der Waals surface area contributed by atoms with Crippen LogP contribution < -0.4 is 5.32 Å². The first-order chi connectivity index (χ1) is 8.33. The summed E-state index contributed by atoms with van der Waals surface area (Å²) in [7, 11) is 0. The molecule has 0 radical (unpaired) electrons. The van der Waals surface area contributed by atoms with E-state index in [1.54, 1.807) is 0 Å². The summed E-state index contributed by atoms with van der Waals surface area (Å²) < 4.78 is 0. The SMILES string of the molecule is Cc1ccc(-c2cnc(C3CCCNC3)[nH]2)s1. The number of aryl methyl sites for hydroxylation is 1. The number of nitrogens with zero attached hydrogens (tertiary/aromatic N) is 1. The number of rotatable bonds is 2. The van der Waals surface area contributed by atoms with E-state index in [0.717, 1.165) is 24.6 Å². The van der Waals surface area contributed by atoms with E-state index >= 15 is 0 Å². The maximum atomic E-state index is 4.54. The fraction of sp³-hybridized carbons (Fsp3) is 0.462. The van der Waals surface area contributed by atoms with Gasteiger partial charge in [0, 0.05) is 17.3 Å². The lowest BCUT2D eigenvalue weighted by molar-refractivity contribution is 0.449. The largest absolute Gasteiger partial charge is 0.341 e. The molecular formula is C13H17N3S. The smallest absolute Gasteiger partial charge is 0.110 e. The summed E-state index contributed by atoms with van der Waals surface area (Å²) in [6.07, 6.45) is 4.46. The van der Waals surface area contributed by atoms with E-state index in [4.69, 9.17) is 0 Å². The lowest BCUT2D eigenvalue weighted by atomic mass is 9.99. The lowest BCUT2D eigenvalue weighted by Gasteiger charge is -2.20. The van der Waals surface area contributed by atoms with E-state index in [1.807, 2.05) is 17.5 Å². The van der Waals surface area contributed by atoms with Crippen LogP contribution in [-0.2, 0) is 0 Å². The zero-order chi connectivity index (χ0) is 11.7. The van der Waals surface area contributed by atoms with Crippen molar-refractivity contribution in [1.29, 1.82) is 0 Å². The monoisotopic (exact) mass is 247 g/mol. The van der Waals surface area contributed by atoms with E-state index in [-0.39, 0.29) is 0 Å². The quantitative estimate of drug-likeness (QED) is 0.856. The lowest BCUT2D eigenvalue weighted by Crippen LogP contribution is -2.28. The fourth-order valence-electron chi connectivity index (χ4n) is 2.33. The van der Waals surface area contributed by atoms with Crippen LogP contribution in [0.2, 0.25) is 0 Å². The Balaban J connectivity index is 1.82. The minimum atomic E-state index is 0.554. The Morgan fingerprint density at radius 1 is 1.41 bits per heavy atom. The molecule has 17 heavy (non-hydrogen) atoms. The fourth-order valence-corrected chi connectivity index (χ4v) is 3.17. The summed E-state index contributed by atoms with van der Waals surface area (Å²) in [5.74, 6) is 1.69. The molecule has 4 heteroatoms. The van der Waals surface area contributed by atoms with Crippen LogP contribution >= 0.6 is 11.3 Å². The molecule has 1 unspecified atom stereocenters. The van der Waals surface area contributed by atoms with Gasteiger partial charge in [-0.1, -0.05) is 0 Å². The summed E-state index contributed by atoms with van der Waals surface area (Å²) >= 11 is 1.81.